The van der Waals surface area contributed by atoms with E-state index in [1.807, 2.05) is 6.92 Å². The highest BCUT2D eigenvalue weighted by atomic mass is 19.4. The molecule has 2 N–H and O–H groups in total. The zero-order chi connectivity index (χ0) is 22.1. The van der Waals surface area contributed by atoms with Gasteiger partial charge in [-0.3, -0.25) is 9.36 Å². The molecule has 2 aromatic rings. The molecule has 1 aromatic heterocycles. The van der Waals surface area contributed by atoms with Gasteiger partial charge in [-0.25, -0.2) is 9.98 Å². The average molecular weight is 423 g/mol. The van der Waals surface area contributed by atoms with Gasteiger partial charge in [0.05, 0.1) is 17.0 Å². The van der Waals surface area contributed by atoms with Crippen LogP contribution in [0.1, 0.15) is 67.9 Å². The predicted molar refractivity (Wildman–Crippen MR) is 105 cm³/mol. The summed E-state index contributed by atoms with van der Waals surface area (Å²) in [6, 6.07) is 3.72. The third kappa shape index (κ3) is 4.56. The Hall–Kier alpha value is -2.68. The summed E-state index contributed by atoms with van der Waals surface area (Å²) in [4.78, 5) is 17.7. The van der Waals surface area contributed by atoms with Crippen molar-refractivity contribution < 1.29 is 28.2 Å². The Morgan fingerprint density at radius 2 is 1.83 bits per heavy atom. The fraction of sp³-hybridized carbons (Fsp3) is 0.476. The maximum Gasteiger partial charge on any atom is 0.416 e. The van der Waals surface area contributed by atoms with Crippen molar-refractivity contribution in [2.75, 3.05) is 0 Å². The van der Waals surface area contributed by atoms with Crippen LogP contribution in [0.25, 0.3) is 5.69 Å². The Morgan fingerprint density at radius 3 is 2.43 bits per heavy atom. The first-order valence-corrected chi connectivity index (χ1v) is 9.81. The Labute approximate surface area is 172 Å². The number of alkyl halides is 3. The molecule has 1 aliphatic carbocycles. The highest BCUT2D eigenvalue weighted by molar-refractivity contribution is 6.05. The van der Waals surface area contributed by atoms with Crippen LogP contribution in [0.15, 0.2) is 29.4 Å². The second kappa shape index (κ2) is 8.59. The number of carboxylic acid groups (broad SMARTS) is 1. The van der Waals surface area contributed by atoms with Crippen LogP contribution < -0.4 is 0 Å². The number of hydrogen-bond donors (Lipinski definition) is 2. The Balaban J connectivity index is 0.000000589. The summed E-state index contributed by atoms with van der Waals surface area (Å²) in [6.45, 7) is 2.90. The number of benzene rings is 1. The molecule has 2 aliphatic rings. The molecule has 1 unspecified atom stereocenters. The largest absolute Gasteiger partial charge is 0.481 e. The lowest BCUT2D eigenvalue weighted by molar-refractivity contribution is -0.137. The molecule has 2 heterocycles. The van der Waals surface area contributed by atoms with Crippen LogP contribution in [-0.4, -0.2) is 31.4 Å². The number of aliphatic hydroxyl groups is 1. The Kier molecular flexibility index (Phi) is 6.30. The number of fused-ring (bicyclic) bond motifs is 3. The minimum absolute atomic E-state index is 0.0607. The van der Waals surface area contributed by atoms with Gasteiger partial charge in [0.15, 0.2) is 5.82 Å². The van der Waals surface area contributed by atoms with Crippen molar-refractivity contribution in [3.63, 3.8) is 0 Å². The third-order valence-corrected chi connectivity index (χ3v) is 5.29. The zero-order valence-electron chi connectivity index (χ0n) is 16.8. The molecule has 1 atom stereocenters. The van der Waals surface area contributed by atoms with E-state index in [1.165, 1.54) is 12.1 Å². The van der Waals surface area contributed by atoms with Crippen LogP contribution in [0.2, 0.25) is 0 Å². The van der Waals surface area contributed by atoms with E-state index in [1.54, 1.807) is 10.8 Å². The van der Waals surface area contributed by atoms with Crippen LogP contribution >= 0.6 is 0 Å². The van der Waals surface area contributed by atoms with Gasteiger partial charge in [-0.15, -0.1) is 0 Å². The normalized spacial score (nSPS) is 19.0. The van der Waals surface area contributed by atoms with E-state index in [0.717, 1.165) is 50.8 Å². The number of carboxylic acids is 1. The van der Waals surface area contributed by atoms with E-state index < -0.39 is 23.9 Å². The summed E-state index contributed by atoms with van der Waals surface area (Å²) in [5.41, 5.74) is 1.67. The van der Waals surface area contributed by atoms with Crippen LogP contribution in [-0.2, 0) is 11.0 Å². The lowest BCUT2D eigenvalue weighted by Crippen LogP contribution is -2.21. The van der Waals surface area contributed by atoms with E-state index in [-0.39, 0.29) is 5.92 Å². The summed E-state index contributed by atoms with van der Waals surface area (Å²) < 4.78 is 41.6. The van der Waals surface area contributed by atoms with Crippen molar-refractivity contribution >= 4 is 11.7 Å². The SMILES string of the molecule is CC(=O)O.Cc1cnc2n1-c1ccc(C(F)(F)F)cc1C(C1CCCCC1)=NC2O. The standard InChI is InChI=1S/C19H20F3N3O.C2H4O2/c1-11-10-23-17-18(26)24-16(12-5-3-2-4-6-12)14-9-13(19(20,21)22)7-8-15(14)25(11)17;1-2(3)4/h7-10,12,18,26H,2-6H2,1H3;1H3,(H,3,4). The summed E-state index contributed by atoms with van der Waals surface area (Å²) >= 11 is 0. The van der Waals surface area contributed by atoms with Gasteiger partial charge in [0, 0.05) is 30.3 Å². The highest BCUT2D eigenvalue weighted by Crippen LogP contribution is 2.38. The summed E-state index contributed by atoms with van der Waals surface area (Å²) in [7, 11) is 0. The zero-order valence-corrected chi connectivity index (χ0v) is 16.8. The number of aromatic nitrogens is 2. The van der Waals surface area contributed by atoms with Gasteiger partial charge in [0.2, 0.25) is 6.23 Å². The van der Waals surface area contributed by atoms with E-state index in [9.17, 15) is 18.3 Å². The van der Waals surface area contributed by atoms with Crippen molar-refractivity contribution in [3.8, 4) is 5.69 Å². The molecule has 1 fully saturated rings. The first-order chi connectivity index (χ1) is 14.1. The van der Waals surface area contributed by atoms with Gasteiger partial charge in [0.1, 0.15) is 0 Å². The van der Waals surface area contributed by atoms with Crippen molar-refractivity contribution in [1.82, 2.24) is 9.55 Å². The minimum Gasteiger partial charge on any atom is -0.481 e. The lowest BCUT2D eigenvalue weighted by atomic mass is 9.82. The highest BCUT2D eigenvalue weighted by Gasteiger charge is 2.35. The number of carbonyl (C=O) groups is 1. The van der Waals surface area contributed by atoms with Crippen molar-refractivity contribution in [2.45, 2.75) is 58.4 Å². The number of imidazole rings is 1. The number of aliphatic imine (C=N–C) groups is 1. The summed E-state index contributed by atoms with van der Waals surface area (Å²) in [5.74, 6) is -0.431. The van der Waals surface area contributed by atoms with Gasteiger partial charge in [-0.1, -0.05) is 19.3 Å². The number of hydrogen-bond acceptors (Lipinski definition) is 4. The molecule has 6 nitrogen and oxygen atoms in total. The molecular formula is C21H24F3N3O3. The summed E-state index contributed by atoms with van der Waals surface area (Å²) in [5, 5.41) is 18.0. The lowest BCUT2D eigenvalue weighted by Gasteiger charge is -2.25. The number of aryl methyl sites for hydroxylation is 1. The van der Waals surface area contributed by atoms with Crippen molar-refractivity contribution in [1.29, 1.82) is 0 Å². The number of aliphatic hydroxyl groups excluding tert-OH is 1. The van der Waals surface area contributed by atoms with Crippen LogP contribution in [0.3, 0.4) is 0 Å². The van der Waals surface area contributed by atoms with Crippen LogP contribution in [0.4, 0.5) is 13.2 Å². The Bertz CT molecular complexity index is 956. The smallest absolute Gasteiger partial charge is 0.416 e. The maximum atomic E-state index is 13.3. The minimum atomic E-state index is -4.43. The molecule has 0 spiro atoms. The molecule has 30 heavy (non-hydrogen) atoms. The molecular weight excluding hydrogens is 399 g/mol. The first-order valence-electron chi connectivity index (χ1n) is 9.81. The number of nitrogens with zero attached hydrogens (tertiary/aromatic N) is 3. The van der Waals surface area contributed by atoms with Gasteiger partial charge in [-0.05, 0) is 38.0 Å². The third-order valence-electron chi connectivity index (χ3n) is 5.29. The predicted octanol–water partition coefficient (Wildman–Crippen LogP) is 4.66. The molecule has 0 saturated heterocycles. The van der Waals surface area contributed by atoms with Crippen molar-refractivity contribution in [2.24, 2.45) is 10.9 Å². The molecule has 0 radical (unpaired) electrons. The average Bonchev–Trinajstić information content (AvgIpc) is 3.00. The maximum absolute atomic E-state index is 13.3. The number of aliphatic carboxylic acids is 1. The molecule has 0 bridgehead atoms. The van der Waals surface area contributed by atoms with Gasteiger partial charge in [0.25, 0.3) is 5.97 Å². The molecule has 1 saturated carbocycles. The summed E-state index contributed by atoms with van der Waals surface area (Å²) in [6.07, 6.45) is 0.927. The first kappa shape index (κ1) is 22.0. The van der Waals surface area contributed by atoms with Gasteiger partial charge in [-0.2, -0.15) is 13.2 Å². The second-order valence-corrected chi connectivity index (χ2v) is 7.56. The monoisotopic (exact) mass is 423 g/mol. The van der Waals surface area contributed by atoms with Crippen molar-refractivity contribution in [3.05, 3.63) is 47.0 Å². The van der Waals surface area contributed by atoms with Gasteiger partial charge >= 0.3 is 6.18 Å². The van der Waals surface area contributed by atoms with E-state index >= 15 is 0 Å². The van der Waals surface area contributed by atoms with E-state index in [4.69, 9.17) is 9.90 Å². The fourth-order valence-corrected chi connectivity index (χ4v) is 4.02. The van der Waals surface area contributed by atoms with Gasteiger partial charge < -0.3 is 10.2 Å². The molecule has 4 rings (SSSR count). The van der Waals surface area contributed by atoms with Crippen LogP contribution in [0.5, 0.6) is 0 Å². The molecule has 1 aromatic carbocycles. The number of rotatable bonds is 1. The Morgan fingerprint density at radius 1 is 1.20 bits per heavy atom. The fourth-order valence-electron chi connectivity index (χ4n) is 4.02. The molecule has 0 amide bonds. The number of halogens is 3. The second-order valence-electron chi connectivity index (χ2n) is 7.56. The van der Waals surface area contributed by atoms with E-state index in [0.29, 0.717) is 22.8 Å². The van der Waals surface area contributed by atoms with Crippen LogP contribution in [0, 0.1) is 12.8 Å². The topological polar surface area (TPSA) is 87.7 Å². The quantitative estimate of drug-likeness (QED) is 0.698. The molecule has 9 heteroatoms. The molecule has 1 aliphatic heterocycles. The van der Waals surface area contributed by atoms with E-state index in [2.05, 4.69) is 9.98 Å². The molecule has 162 valence electrons.